The summed E-state index contributed by atoms with van der Waals surface area (Å²) in [5, 5.41) is 0. The zero-order valence-corrected chi connectivity index (χ0v) is 15.1. The number of hydrogen-bond acceptors (Lipinski definition) is 3. The number of nitrogens with zero attached hydrogens (tertiary/aromatic N) is 3. The van der Waals surface area contributed by atoms with Gasteiger partial charge in [-0.15, -0.1) is 0 Å². The zero-order chi connectivity index (χ0) is 15.5. The first-order valence-corrected chi connectivity index (χ1v) is 9.76. The largest absolute Gasteiger partial charge is 0.306 e. The number of rotatable bonds is 4. The molecule has 0 unspecified atom stereocenters. The third-order valence-corrected chi connectivity index (χ3v) is 6.59. The fourth-order valence-electron chi connectivity index (χ4n) is 4.62. The summed E-state index contributed by atoms with van der Waals surface area (Å²) >= 11 is 0. The van der Waals surface area contributed by atoms with E-state index >= 15 is 0 Å². The van der Waals surface area contributed by atoms with E-state index in [1.807, 2.05) is 0 Å². The maximum Gasteiger partial charge on any atom is 0.0112 e. The molecule has 2 heterocycles. The van der Waals surface area contributed by atoms with Crippen LogP contribution >= 0.6 is 0 Å². The highest BCUT2D eigenvalue weighted by Gasteiger charge is 2.35. The summed E-state index contributed by atoms with van der Waals surface area (Å²) in [6, 6.07) is 0.913. The Hall–Kier alpha value is -0.120. The van der Waals surface area contributed by atoms with Crippen molar-refractivity contribution < 1.29 is 0 Å². The summed E-state index contributed by atoms with van der Waals surface area (Å²) < 4.78 is 0. The molecule has 2 saturated heterocycles. The van der Waals surface area contributed by atoms with E-state index in [1.54, 1.807) is 0 Å². The molecule has 0 spiro atoms. The highest BCUT2D eigenvalue weighted by Crippen LogP contribution is 2.37. The maximum atomic E-state index is 2.81. The molecule has 0 N–H and O–H groups in total. The minimum atomic E-state index is 0.893. The van der Waals surface area contributed by atoms with E-state index in [2.05, 4.69) is 35.6 Å². The van der Waals surface area contributed by atoms with Crippen molar-refractivity contribution >= 4 is 0 Å². The molecule has 0 aromatic heterocycles. The van der Waals surface area contributed by atoms with Crippen molar-refractivity contribution in [2.24, 2.45) is 17.8 Å². The van der Waals surface area contributed by atoms with E-state index in [-0.39, 0.29) is 0 Å². The zero-order valence-electron chi connectivity index (χ0n) is 15.1. The lowest BCUT2D eigenvalue weighted by Gasteiger charge is -2.44. The molecule has 22 heavy (non-hydrogen) atoms. The quantitative estimate of drug-likeness (QED) is 0.791. The van der Waals surface area contributed by atoms with Gasteiger partial charge in [-0.05, 0) is 83.1 Å². The van der Waals surface area contributed by atoms with Crippen LogP contribution in [0.2, 0.25) is 0 Å². The molecule has 0 atom stereocenters. The fraction of sp³-hybridized carbons (Fsp3) is 1.00. The standard InChI is InChI=1S/C19H37N3/c1-16(2)18-13-19(14-18)22-8-4-7-21(11-12-22)15-17-5-9-20(3)10-6-17/h16-19H,4-15H2,1-3H3. The van der Waals surface area contributed by atoms with Crippen LogP contribution in [0.15, 0.2) is 0 Å². The summed E-state index contributed by atoms with van der Waals surface area (Å²) in [6.45, 7) is 14.1. The summed E-state index contributed by atoms with van der Waals surface area (Å²) in [5.41, 5.74) is 0. The first-order chi connectivity index (χ1) is 10.6. The third kappa shape index (κ3) is 4.24. The summed E-state index contributed by atoms with van der Waals surface area (Å²) in [7, 11) is 2.27. The minimum Gasteiger partial charge on any atom is -0.306 e. The van der Waals surface area contributed by atoms with Crippen LogP contribution in [0, 0.1) is 17.8 Å². The molecule has 1 saturated carbocycles. The van der Waals surface area contributed by atoms with Crippen LogP contribution in [0.3, 0.4) is 0 Å². The van der Waals surface area contributed by atoms with Gasteiger partial charge in [-0.25, -0.2) is 0 Å². The molecule has 3 aliphatic rings. The molecule has 0 amide bonds. The van der Waals surface area contributed by atoms with Gasteiger partial charge in [0.05, 0.1) is 0 Å². The topological polar surface area (TPSA) is 9.72 Å². The van der Waals surface area contributed by atoms with Crippen molar-refractivity contribution in [3.05, 3.63) is 0 Å². The van der Waals surface area contributed by atoms with Gasteiger partial charge in [0.2, 0.25) is 0 Å². The third-order valence-electron chi connectivity index (χ3n) is 6.59. The molecule has 0 radical (unpaired) electrons. The predicted octanol–water partition coefficient (Wildman–Crippen LogP) is 2.77. The Balaban J connectivity index is 1.39. The van der Waals surface area contributed by atoms with Gasteiger partial charge in [0.15, 0.2) is 0 Å². The van der Waals surface area contributed by atoms with Crippen LogP contribution in [0.25, 0.3) is 0 Å². The molecular weight excluding hydrogens is 270 g/mol. The van der Waals surface area contributed by atoms with E-state index in [0.717, 1.165) is 23.8 Å². The molecule has 1 aliphatic carbocycles. The molecule has 3 nitrogen and oxygen atoms in total. The van der Waals surface area contributed by atoms with Crippen LogP contribution in [-0.4, -0.2) is 73.6 Å². The van der Waals surface area contributed by atoms with E-state index < -0.39 is 0 Å². The molecule has 3 heteroatoms. The first kappa shape index (κ1) is 16.7. The molecular formula is C19H37N3. The average molecular weight is 308 g/mol. The average Bonchev–Trinajstić information content (AvgIpc) is 2.65. The SMILES string of the molecule is CC(C)C1CC(N2CCCN(CC3CCN(C)CC3)CC2)C1. The lowest BCUT2D eigenvalue weighted by Crippen LogP contribution is -2.47. The van der Waals surface area contributed by atoms with E-state index in [4.69, 9.17) is 0 Å². The number of piperidine rings is 1. The van der Waals surface area contributed by atoms with Gasteiger partial charge in [0.25, 0.3) is 0 Å². The minimum absolute atomic E-state index is 0.893. The van der Waals surface area contributed by atoms with Crippen LogP contribution < -0.4 is 0 Å². The van der Waals surface area contributed by atoms with E-state index in [0.29, 0.717) is 0 Å². The Morgan fingerprint density at radius 3 is 2.32 bits per heavy atom. The second-order valence-electron chi connectivity index (χ2n) is 8.57. The van der Waals surface area contributed by atoms with Crippen LogP contribution in [-0.2, 0) is 0 Å². The lowest BCUT2D eigenvalue weighted by molar-refractivity contribution is 0.0573. The molecule has 0 aromatic carbocycles. The summed E-state index contributed by atoms with van der Waals surface area (Å²) in [4.78, 5) is 8.07. The van der Waals surface area contributed by atoms with Crippen LogP contribution in [0.4, 0.5) is 0 Å². The van der Waals surface area contributed by atoms with Crippen molar-refractivity contribution in [1.29, 1.82) is 0 Å². The van der Waals surface area contributed by atoms with Gasteiger partial charge < -0.3 is 9.80 Å². The fourth-order valence-corrected chi connectivity index (χ4v) is 4.62. The van der Waals surface area contributed by atoms with Gasteiger partial charge in [-0.3, -0.25) is 4.90 Å². The molecule has 3 rings (SSSR count). The Kier molecular flexibility index (Phi) is 5.80. The molecule has 0 aromatic rings. The Morgan fingerprint density at radius 2 is 1.64 bits per heavy atom. The van der Waals surface area contributed by atoms with Gasteiger partial charge in [-0.1, -0.05) is 13.8 Å². The normalized spacial score (nSPS) is 33.8. The van der Waals surface area contributed by atoms with Gasteiger partial charge in [0, 0.05) is 25.7 Å². The number of likely N-dealkylation sites (tertiary alicyclic amines) is 1. The predicted molar refractivity (Wildman–Crippen MR) is 94.2 cm³/mol. The first-order valence-electron chi connectivity index (χ1n) is 9.76. The summed E-state index contributed by atoms with van der Waals surface area (Å²) in [5.74, 6) is 2.85. The summed E-state index contributed by atoms with van der Waals surface area (Å²) in [6.07, 6.45) is 7.14. The van der Waals surface area contributed by atoms with Crippen molar-refractivity contribution in [2.75, 3.05) is 52.9 Å². The Morgan fingerprint density at radius 1 is 0.909 bits per heavy atom. The highest BCUT2D eigenvalue weighted by molar-refractivity contribution is 4.90. The van der Waals surface area contributed by atoms with E-state index in [9.17, 15) is 0 Å². The Bertz CT molecular complexity index is 330. The number of hydrogen-bond donors (Lipinski definition) is 0. The highest BCUT2D eigenvalue weighted by atomic mass is 15.2. The van der Waals surface area contributed by atoms with Crippen molar-refractivity contribution in [3.63, 3.8) is 0 Å². The van der Waals surface area contributed by atoms with Crippen molar-refractivity contribution in [2.45, 2.75) is 52.0 Å². The van der Waals surface area contributed by atoms with Crippen LogP contribution in [0.5, 0.6) is 0 Å². The molecule has 128 valence electrons. The van der Waals surface area contributed by atoms with Gasteiger partial charge in [0.1, 0.15) is 0 Å². The van der Waals surface area contributed by atoms with E-state index in [1.165, 1.54) is 77.9 Å². The van der Waals surface area contributed by atoms with Crippen molar-refractivity contribution in [3.8, 4) is 0 Å². The second kappa shape index (κ2) is 7.63. The van der Waals surface area contributed by atoms with Gasteiger partial charge >= 0.3 is 0 Å². The molecule has 0 bridgehead atoms. The van der Waals surface area contributed by atoms with Crippen molar-refractivity contribution in [1.82, 2.24) is 14.7 Å². The maximum absolute atomic E-state index is 2.81. The van der Waals surface area contributed by atoms with Gasteiger partial charge in [-0.2, -0.15) is 0 Å². The second-order valence-corrected chi connectivity index (χ2v) is 8.57. The van der Waals surface area contributed by atoms with Crippen LogP contribution in [0.1, 0.15) is 46.0 Å². The molecule has 2 aliphatic heterocycles. The Labute approximate surface area is 138 Å². The monoisotopic (exact) mass is 307 g/mol. The smallest absolute Gasteiger partial charge is 0.0112 e. The molecule has 3 fully saturated rings. The lowest BCUT2D eigenvalue weighted by atomic mass is 9.73.